The van der Waals surface area contributed by atoms with Crippen molar-refractivity contribution in [2.45, 2.75) is 6.10 Å². The summed E-state index contributed by atoms with van der Waals surface area (Å²) in [5.74, 6) is 0. The number of aliphatic hydroxyl groups is 1. The predicted octanol–water partition coefficient (Wildman–Crippen LogP) is 5.57. The maximum absolute atomic E-state index is 10.5. The number of benzene rings is 1. The summed E-state index contributed by atoms with van der Waals surface area (Å²) in [7, 11) is 0. The van der Waals surface area contributed by atoms with Gasteiger partial charge in [0, 0.05) is 19.6 Å². The standard InChI is InChI=1S/C13H8Br2OS2/c14-9-5-11(18-13(9)15)12(16)8-6-17-10-4-2-1-3-7(8)10/h1-6,12,16H. The van der Waals surface area contributed by atoms with Crippen LogP contribution in [0.2, 0.25) is 0 Å². The summed E-state index contributed by atoms with van der Waals surface area (Å²) >= 11 is 10.1. The van der Waals surface area contributed by atoms with E-state index in [2.05, 4.69) is 44.0 Å². The van der Waals surface area contributed by atoms with E-state index in [0.717, 1.165) is 24.1 Å². The van der Waals surface area contributed by atoms with Gasteiger partial charge in [-0.15, -0.1) is 22.7 Å². The van der Waals surface area contributed by atoms with Crippen LogP contribution in [0.15, 0.2) is 44.0 Å². The van der Waals surface area contributed by atoms with Gasteiger partial charge in [0.2, 0.25) is 0 Å². The Morgan fingerprint density at radius 3 is 2.67 bits per heavy atom. The Kier molecular flexibility index (Phi) is 3.60. The Morgan fingerprint density at radius 2 is 1.94 bits per heavy atom. The van der Waals surface area contributed by atoms with Gasteiger partial charge in [-0.3, -0.25) is 0 Å². The van der Waals surface area contributed by atoms with Crippen molar-refractivity contribution in [3.05, 3.63) is 54.4 Å². The van der Waals surface area contributed by atoms with Crippen LogP contribution >= 0.6 is 54.5 Å². The molecule has 0 saturated carbocycles. The Labute approximate surface area is 129 Å². The van der Waals surface area contributed by atoms with E-state index in [-0.39, 0.29) is 0 Å². The van der Waals surface area contributed by atoms with Gasteiger partial charge in [0.05, 0.1) is 3.79 Å². The largest absolute Gasteiger partial charge is 0.383 e. The van der Waals surface area contributed by atoms with Crippen LogP contribution < -0.4 is 0 Å². The Hall–Kier alpha value is -0.200. The van der Waals surface area contributed by atoms with Gasteiger partial charge < -0.3 is 5.11 Å². The first-order valence-electron chi connectivity index (χ1n) is 5.25. The molecule has 1 unspecified atom stereocenters. The van der Waals surface area contributed by atoms with E-state index in [9.17, 15) is 5.11 Å². The molecule has 0 radical (unpaired) electrons. The van der Waals surface area contributed by atoms with Crippen LogP contribution in [0.5, 0.6) is 0 Å². The van der Waals surface area contributed by atoms with Gasteiger partial charge in [-0.1, -0.05) is 18.2 Å². The van der Waals surface area contributed by atoms with Gasteiger partial charge in [0.1, 0.15) is 6.10 Å². The second-order valence-corrected chi connectivity index (χ2v) is 8.03. The fraction of sp³-hybridized carbons (Fsp3) is 0.0769. The molecule has 3 aromatic rings. The fourth-order valence-electron chi connectivity index (χ4n) is 1.86. The molecule has 0 spiro atoms. The van der Waals surface area contributed by atoms with Gasteiger partial charge in [-0.25, -0.2) is 0 Å². The lowest BCUT2D eigenvalue weighted by atomic mass is 10.1. The lowest BCUT2D eigenvalue weighted by Crippen LogP contribution is -1.95. The molecule has 0 fully saturated rings. The smallest absolute Gasteiger partial charge is 0.115 e. The summed E-state index contributed by atoms with van der Waals surface area (Å²) in [4.78, 5) is 0.942. The summed E-state index contributed by atoms with van der Waals surface area (Å²) in [6, 6.07) is 10.1. The summed E-state index contributed by atoms with van der Waals surface area (Å²) < 4.78 is 3.21. The first kappa shape index (κ1) is 12.8. The van der Waals surface area contributed by atoms with E-state index in [0.29, 0.717) is 0 Å². The second kappa shape index (κ2) is 5.06. The minimum atomic E-state index is -0.561. The van der Waals surface area contributed by atoms with Crippen molar-refractivity contribution in [3.8, 4) is 0 Å². The van der Waals surface area contributed by atoms with Gasteiger partial charge in [0.15, 0.2) is 0 Å². The summed E-state index contributed by atoms with van der Waals surface area (Å²) in [6.07, 6.45) is -0.561. The molecule has 2 heterocycles. The van der Waals surface area contributed by atoms with E-state index in [1.54, 1.807) is 22.7 Å². The zero-order valence-electron chi connectivity index (χ0n) is 9.06. The molecule has 1 aromatic carbocycles. The fourth-order valence-corrected chi connectivity index (χ4v) is 4.94. The third-order valence-corrected chi connectivity index (χ3v) is 7.03. The van der Waals surface area contributed by atoms with E-state index >= 15 is 0 Å². The lowest BCUT2D eigenvalue weighted by molar-refractivity contribution is 0.226. The molecule has 3 rings (SSSR count). The maximum atomic E-state index is 10.5. The molecular weight excluding hydrogens is 396 g/mol. The highest BCUT2D eigenvalue weighted by Crippen LogP contribution is 2.40. The molecule has 1 N–H and O–H groups in total. The lowest BCUT2D eigenvalue weighted by Gasteiger charge is -2.07. The summed E-state index contributed by atoms with van der Waals surface area (Å²) in [5, 5.41) is 13.7. The van der Waals surface area contributed by atoms with Crippen LogP contribution in [-0.2, 0) is 0 Å². The minimum absolute atomic E-state index is 0.561. The van der Waals surface area contributed by atoms with E-state index < -0.39 is 6.10 Å². The van der Waals surface area contributed by atoms with Crippen molar-refractivity contribution in [3.63, 3.8) is 0 Å². The normalized spacial score (nSPS) is 13.1. The number of aliphatic hydroxyl groups excluding tert-OH is 1. The Balaban J connectivity index is 2.09. The highest BCUT2D eigenvalue weighted by Gasteiger charge is 2.18. The SMILES string of the molecule is OC(c1cc(Br)c(Br)s1)c1csc2ccccc12. The van der Waals surface area contributed by atoms with E-state index in [4.69, 9.17) is 0 Å². The van der Waals surface area contributed by atoms with Crippen LogP contribution in [0.25, 0.3) is 10.1 Å². The summed E-state index contributed by atoms with van der Waals surface area (Å²) in [5.41, 5.74) is 0.983. The summed E-state index contributed by atoms with van der Waals surface area (Å²) in [6.45, 7) is 0. The molecular formula is C13H8Br2OS2. The van der Waals surface area contributed by atoms with Crippen molar-refractivity contribution in [2.75, 3.05) is 0 Å². The molecule has 0 aliphatic rings. The third kappa shape index (κ3) is 2.18. The molecule has 92 valence electrons. The number of fused-ring (bicyclic) bond motifs is 1. The molecule has 1 atom stereocenters. The monoisotopic (exact) mass is 402 g/mol. The van der Waals surface area contributed by atoms with Crippen molar-refractivity contribution in [2.24, 2.45) is 0 Å². The Bertz CT molecular complexity index is 682. The quantitative estimate of drug-likeness (QED) is 0.592. The first-order chi connectivity index (χ1) is 8.66. The van der Waals surface area contributed by atoms with Crippen LogP contribution in [0, 0.1) is 0 Å². The molecule has 0 amide bonds. The van der Waals surface area contributed by atoms with E-state index in [1.165, 1.54) is 4.70 Å². The molecule has 0 aliphatic carbocycles. The molecule has 0 aliphatic heterocycles. The zero-order chi connectivity index (χ0) is 12.7. The highest BCUT2D eigenvalue weighted by atomic mass is 79.9. The van der Waals surface area contributed by atoms with E-state index in [1.807, 2.05) is 23.6 Å². The number of hydrogen-bond acceptors (Lipinski definition) is 3. The molecule has 1 nitrogen and oxygen atoms in total. The maximum Gasteiger partial charge on any atom is 0.115 e. The van der Waals surface area contributed by atoms with Crippen molar-refractivity contribution in [1.82, 2.24) is 0 Å². The van der Waals surface area contributed by atoms with Gasteiger partial charge in [-0.05, 0) is 54.8 Å². The molecule has 0 bridgehead atoms. The van der Waals surface area contributed by atoms with Gasteiger partial charge in [0.25, 0.3) is 0 Å². The highest BCUT2D eigenvalue weighted by molar-refractivity contribution is 9.13. The molecule has 5 heteroatoms. The predicted molar refractivity (Wildman–Crippen MR) is 85.6 cm³/mol. The van der Waals surface area contributed by atoms with Crippen molar-refractivity contribution in [1.29, 1.82) is 0 Å². The minimum Gasteiger partial charge on any atom is -0.383 e. The van der Waals surface area contributed by atoms with Crippen LogP contribution in [-0.4, -0.2) is 5.11 Å². The van der Waals surface area contributed by atoms with Crippen LogP contribution in [0.1, 0.15) is 16.5 Å². The third-order valence-electron chi connectivity index (χ3n) is 2.74. The van der Waals surface area contributed by atoms with Gasteiger partial charge >= 0.3 is 0 Å². The Morgan fingerprint density at radius 1 is 1.17 bits per heavy atom. The molecule has 18 heavy (non-hydrogen) atoms. The van der Waals surface area contributed by atoms with Gasteiger partial charge in [-0.2, -0.15) is 0 Å². The molecule has 0 saturated heterocycles. The number of hydrogen-bond donors (Lipinski definition) is 1. The van der Waals surface area contributed by atoms with Crippen molar-refractivity contribution < 1.29 is 5.11 Å². The first-order valence-corrected chi connectivity index (χ1v) is 8.54. The topological polar surface area (TPSA) is 20.2 Å². The van der Waals surface area contributed by atoms with Crippen LogP contribution in [0.4, 0.5) is 0 Å². The zero-order valence-corrected chi connectivity index (χ0v) is 13.9. The average Bonchev–Trinajstić information content (AvgIpc) is 2.93. The second-order valence-electron chi connectivity index (χ2n) is 3.86. The molecule has 2 aromatic heterocycles. The number of halogens is 2. The average molecular weight is 404 g/mol. The number of thiophene rings is 2. The van der Waals surface area contributed by atoms with Crippen LogP contribution in [0.3, 0.4) is 0 Å². The number of rotatable bonds is 2. The van der Waals surface area contributed by atoms with Crippen molar-refractivity contribution >= 4 is 64.6 Å².